The second-order valence-electron chi connectivity index (χ2n) is 7.52. The number of rotatable bonds is 5. The molecule has 7 nitrogen and oxygen atoms in total. The van der Waals surface area contributed by atoms with Crippen molar-refractivity contribution in [1.82, 2.24) is 14.7 Å². The quantitative estimate of drug-likeness (QED) is 0.678. The fraction of sp³-hybridized carbons (Fsp3) is 0.273. The van der Waals surface area contributed by atoms with Crippen LogP contribution in [-0.4, -0.2) is 36.1 Å². The lowest BCUT2D eigenvalue weighted by Gasteiger charge is -2.19. The second-order valence-corrected chi connectivity index (χ2v) is 9.05. The van der Waals surface area contributed by atoms with Crippen molar-refractivity contribution in [2.45, 2.75) is 39.1 Å². The van der Waals surface area contributed by atoms with Crippen LogP contribution in [-0.2, 0) is 16.6 Å². The number of carbonyl (C=O) groups excluding carboxylic acids is 1. The lowest BCUT2D eigenvalue weighted by atomic mass is 10.0. The predicted molar refractivity (Wildman–Crippen MR) is 116 cm³/mol. The van der Waals surface area contributed by atoms with E-state index in [1.54, 1.807) is 31.9 Å². The summed E-state index contributed by atoms with van der Waals surface area (Å²) < 4.78 is 25.7. The first kappa shape index (κ1) is 21.7. The molecule has 0 aliphatic heterocycles. The minimum atomic E-state index is -3.92. The van der Waals surface area contributed by atoms with Crippen molar-refractivity contribution < 1.29 is 13.2 Å². The highest BCUT2D eigenvalue weighted by molar-refractivity contribution is 7.89. The summed E-state index contributed by atoms with van der Waals surface area (Å²) in [6, 6.07) is 12.8. The number of carbonyl (C=O) groups is 1. The third kappa shape index (κ3) is 4.15. The molecule has 0 unspecified atom stereocenters. The average molecular weight is 427 g/mol. The minimum absolute atomic E-state index is 0.0245. The van der Waals surface area contributed by atoms with E-state index in [1.165, 1.54) is 6.07 Å². The summed E-state index contributed by atoms with van der Waals surface area (Å²) in [7, 11) is -2.23. The molecule has 0 radical (unpaired) electrons. The Morgan fingerprint density at radius 2 is 1.73 bits per heavy atom. The molecule has 1 aromatic heterocycles. The number of amides is 1. The van der Waals surface area contributed by atoms with Crippen molar-refractivity contribution in [3.8, 4) is 5.69 Å². The summed E-state index contributed by atoms with van der Waals surface area (Å²) in [6.07, 6.45) is 0. The number of primary sulfonamides is 1. The third-order valence-corrected chi connectivity index (χ3v) is 6.39. The SMILES string of the molecule is Cc1cc(C(=O)N(C)Cc2c(C)nn(-c3ccccc3)c2C)cc(S(N)(=O)=O)c1C. The van der Waals surface area contributed by atoms with E-state index < -0.39 is 10.0 Å². The van der Waals surface area contributed by atoms with Crippen molar-refractivity contribution >= 4 is 15.9 Å². The maximum Gasteiger partial charge on any atom is 0.253 e. The molecule has 3 rings (SSSR count). The number of nitrogens with zero attached hydrogens (tertiary/aromatic N) is 3. The van der Waals surface area contributed by atoms with Gasteiger partial charge in [0.2, 0.25) is 10.0 Å². The Morgan fingerprint density at radius 1 is 1.10 bits per heavy atom. The summed E-state index contributed by atoms with van der Waals surface area (Å²) in [4.78, 5) is 14.6. The molecule has 0 bridgehead atoms. The van der Waals surface area contributed by atoms with E-state index >= 15 is 0 Å². The summed E-state index contributed by atoms with van der Waals surface area (Å²) in [6.45, 7) is 7.67. The number of aromatic nitrogens is 2. The zero-order valence-corrected chi connectivity index (χ0v) is 18.6. The molecular weight excluding hydrogens is 400 g/mol. The van der Waals surface area contributed by atoms with Crippen LogP contribution in [0.3, 0.4) is 0 Å². The number of hydrogen-bond acceptors (Lipinski definition) is 4. The van der Waals surface area contributed by atoms with Gasteiger partial charge in [-0.2, -0.15) is 5.10 Å². The van der Waals surface area contributed by atoms with Gasteiger partial charge in [-0.25, -0.2) is 18.2 Å². The van der Waals surface area contributed by atoms with Crippen molar-refractivity contribution in [2.75, 3.05) is 7.05 Å². The van der Waals surface area contributed by atoms with Gasteiger partial charge >= 0.3 is 0 Å². The third-order valence-electron chi connectivity index (χ3n) is 5.36. The molecule has 0 spiro atoms. The fourth-order valence-corrected chi connectivity index (χ4v) is 4.38. The van der Waals surface area contributed by atoms with E-state index in [9.17, 15) is 13.2 Å². The number of hydrogen-bond donors (Lipinski definition) is 1. The highest BCUT2D eigenvalue weighted by Crippen LogP contribution is 2.23. The van der Waals surface area contributed by atoms with Gasteiger partial charge in [-0.05, 0) is 63.1 Å². The molecular formula is C22H26N4O3S. The van der Waals surface area contributed by atoms with Gasteiger partial charge in [0.15, 0.2) is 0 Å². The van der Waals surface area contributed by atoms with Gasteiger partial charge in [0, 0.05) is 30.4 Å². The predicted octanol–water partition coefficient (Wildman–Crippen LogP) is 3.03. The van der Waals surface area contributed by atoms with E-state index in [0.717, 1.165) is 22.6 Å². The zero-order valence-electron chi connectivity index (χ0n) is 17.8. The number of para-hydroxylation sites is 1. The summed E-state index contributed by atoms with van der Waals surface area (Å²) in [5.74, 6) is -0.283. The van der Waals surface area contributed by atoms with Crippen LogP contribution in [0.5, 0.6) is 0 Å². The second kappa shape index (κ2) is 8.04. The molecule has 0 fully saturated rings. The van der Waals surface area contributed by atoms with Gasteiger partial charge < -0.3 is 4.90 Å². The van der Waals surface area contributed by atoms with Crippen molar-refractivity contribution in [2.24, 2.45) is 5.14 Å². The fourth-order valence-electron chi connectivity index (χ4n) is 3.50. The van der Waals surface area contributed by atoms with E-state index in [0.29, 0.717) is 17.7 Å². The lowest BCUT2D eigenvalue weighted by molar-refractivity contribution is 0.0784. The lowest BCUT2D eigenvalue weighted by Crippen LogP contribution is -2.27. The Hall–Kier alpha value is -2.97. The van der Waals surface area contributed by atoms with Crippen molar-refractivity contribution in [3.05, 3.63) is 76.1 Å². The van der Waals surface area contributed by atoms with E-state index in [-0.39, 0.29) is 16.4 Å². The topological polar surface area (TPSA) is 98.3 Å². The van der Waals surface area contributed by atoms with E-state index in [4.69, 9.17) is 5.14 Å². The molecule has 0 aliphatic carbocycles. The van der Waals surface area contributed by atoms with Crippen molar-refractivity contribution in [3.63, 3.8) is 0 Å². The van der Waals surface area contributed by atoms with Gasteiger partial charge in [0.1, 0.15) is 0 Å². The number of aryl methyl sites for hydroxylation is 2. The van der Waals surface area contributed by atoms with Crippen molar-refractivity contribution in [1.29, 1.82) is 0 Å². The zero-order chi connectivity index (χ0) is 22.2. The molecule has 2 N–H and O–H groups in total. The maximum absolute atomic E-state index is 13.1. The standard InChI is InChI=1S/C22H26N4O3S/c1-14-11-18(12-21(15(14)2)30(23,28)29)22(27)25(5)13-20-16(3)24-26(17(20)4)19-9-7-6-8-10-19/h6-12H,13H2,1-5H3,(H2,23,28,29). The minimum Gasteiger partial charge on any atom is -0.337 e. The highest BCUT2D eigenvalue weighted by Gasteiger charge is 2.21. The van der Waals surface area contributed by atoms with Crippen LogP contribution in [0.15, 0.2) is 47.4 Å². The Morgan fingerprint density at radius 3 is 2.33 bits per heavy atom. The highest BCUT2D eigenvalue weighted by atomic mass is 32.2. The molecule has 0 aliphatic rings. The van der Waals surface area contributed by atoms with E-state index in [1.807, 2.05) is 48.9 Å². The molecule has 0 saturated heterocycles. The number of sulfonamides is 1. The van der Waals surface area contributed by atoms with Crippen LogP contribution in [0.4, 0.5) is 0 Å². The van der Waals surface area contributed by atoms with E-state index in [2.05, 4.69) is 5.10 Å². The Balaban J connectivity index is 1.92. The molecule has 0 atom stereocenters. The Bertz CT molecular complexity index is 1210. The van der Waals surface area contributed by atoms with Crippen LogP contribution >= 0.6 is 0 Å². The molecule has 0 saturated carbocycles. The van der Waals surface area contributed by atoms with Gasteiger partial charge in [0.05, 0.1) is 16.3 Å². The Kier molecular flexibility index (Phi) is 5.83. The summed E-state index contributed by atoms with van der Waals surface area (Å²) in [5, 5.41) is 9.95. The first-order chi connectivity index (χ1) is 14.0. The Labute approximate surface area is 177 Å². The average Bonchev–Trinajstić information content (AvgIpc) is 2.97. The maximum atomic E-state index is 13.1. The van der Waals surface area contributed by atoms with Gasteiger partial charge in [-0.3, -0.25) is 4.79 Å². The van der Waals surface area contributed by atoms with Gasteiger partial charge in [-0.15, -0.1) is 0 Å². The van der Waals surface area contributed by atoms with Crippen LogP contribution in [0.25, 0.3) is 5.69 Å². The molecule has 2 aromatic carbocycles. The smallest absolute Gasteiger partial charge is 0.253 e. The molecule has 8 heteroatoms. The normalized spacial score (nSPS) is 11.5. The van der Waals surface area contributed by atoms with Gasteiger partial charge in [0.25, 0.3) is 5.91 Å². The van der Waals surface area contributed by atoms with Crippen LogP contribution in [0.1, 0.15) is 38.4 Å². The molecule has 158 valence electrons. The molecule has 3 aromatic rings. The number of nitrogens with two attached hydrogens (primary N) is 1. The van der Waals surface area contributed by atoms with Crippen LogP contribution in [0, 0.1) is 27.7 Å². The van der Waals surface area contributed by atoms with Crippen LogP contribution in [0.2, 0.25) is 0 Å². The largest absolute Gasteiger partial charge is 0.337 e. The summed E-state index contributed by atoms with van der Waals surface area (Å²) in [5.41, 5.74) is 5.21. The van der Waals surface area contributed by atoms with Gasteiger partial charge in [-0.1, -0.05) is 18.2 Å². The molecule has 1 heterocycles. The number of benzene rings is 2. The molecule has 30 heavy (non-hydrogen) atoms. The summed E-state index contributed by atoms with van der Waals surface area (Å²) >= 11 is 0. The first-order valence-electron chi connectivity index (χ1n) is 9.50. The monoisotopic (exact) mass is 426 g/mol. The first-order valence-corrected chi connectivity index (χ1v) is 11.1. The van der Waals surface area contributed by atoms with Crippen LogP contribution < -0.4 is 5.14 Å². The molecule has 1 amide bonds.